The van der Waals surface area contributed by atoms with Crippen molar-refractivity contribution in [2.45, 2.75) is 59.0 Å². The minimum absolute atomic E-state index is 0.0644. The van der Waals surface area contributed by atoms with E-state index in [-0.39, 0.29) is 18.1 Å². The quantitative estimate of drug-likeness (QED) is 0.179. The fourth-order valence-electron chi connectivity index (χ4n) is 5.95. The topological polar surface area (TPSA) is 90.7 Å². The van der Waals surface area contributed by atoms with Gasteiger partial charge >= 0.3 is 6.09 Å². The number of hydrogen-bond donors (Lipinski definition) is 1. The van der Waals surface area contributed by atoms with E-state index in [2.05, 4.69) is 35.3 Å². The van der Waals surface area contributed by atoms with E-state index in [0.29, 0.717) is 25.0 Å². The second-order valence-electron chi connectivity index (χ2n) is 13.2. The van der Waals surface area contributed by atoms with Crippen LogP contribution < -0.4 is 19.7 Å². The van der Waals surface area contributed by atoms with Gasteiger partial charge in [0.25, 0.3) is 0 Å². The number of amides is 1. The van der Waals surface area contributed by atoms with Crippen LogP contribution in [0, 0.1) is 5.92 Å². The Morgan fingerprint density at radius 2 is 1.60 bits per heavy atom. The Kier molecular flexibility index (Phi) is 9.33. The first-order valence-electron chi connectivity index (χ1n) is 16.2. The van der Waals surface area contributed by atoms with Crippen LogP contribution in [0.3, 0.4) is 0 Å². The molecule has 9 nitrogen and oxygen atoms in total. The van der Waals surface area contributed by atoms with Gasteiger partial charge in [-0.3, -0.25) is 4.68 Å². The monoisotopic (exact) mass is 633 g/mol. The minimum atomic E-state index is -0.519. The summed E-state index contributed by atoms with van der Waals surface area (Å²) in [6.45, 7) is 10.2. The zero-order valence-corrected chi connectivity index (χ0v) is 27.8. The van der Waals surface area contributed by atoms with Crippen molar-refractivity contribution in [2.24, 2.45) is 13.0 Å². The number of rotatable bonds is 9. The number of ether oxygens (including phenoxy) is 3. The molecule has 0 spiro atoms. The van der Waals surface area contributed by atoms with Gasteiger partial charge in [0.1, 0.15) is 24.5 Å². The Balaban J connectivity index is 1.23. The number of alkyl carbamates (subject to hydrolysis) is 1. The number of aryl methyl sites for hydroxylation is 1. The number of nitrogens with zero attached hydrogens (tertiary/aromatic N) is 4. The molecule has 0 aliphatic carbocycles. The van der Waals surface area contributed by atoms with E-state index in [4.69, 9.17) is 24.3 Å². The summed E-state index contributed by atoms with van der Waals surface area (Å²) in [4.78, 5) is 19.6. The first kappa shape index (κ1) is 31.9. The van der Waals surface area contributed by atoms with Crippen molar-refractivity contribution < 1.29 is 19.0 Å². The number of fused-ring (bicyclic) bond motifs is 1. The Bertz CT molecular complexity index is 1820. The number of aromatic nitrogens is 3. The van der Waals surface area contributed by atoms with Crippen molar-refractivity contribution in [2.75, 3.05) is 18.0 Å². The molecule has 3 heterocycles. The largest absolute Gasteiger partial charge is 0.473 e. The highest BCUT2D eigenvalue weighted by atomic mass is 16.6. The van der Waals surface area contributed by atoms with Gasteiger partial charge in [0.2, 0.25) is 11.8 Å². The molecule has 1 amide bonds. The number of pyridine rings is 1. The Morgan fingerprint density at radius 3 is 2.26 bits per heavy atom. The van der Waals surface area contributed by atoms with Gasteiger partial charge in [-0.2, -0.15) is 10.1 Å². The summed E-state index contributed by atoms with van der Waals surface area (Å²) in [7, 11) is 1.96. The Labute approximate surface area is 276 Å². The number of benzene rings is 3. The lowest BCUT2D eigenvalue weighted by Crippen LogP contribution is -2.51. The third-order valence-corrected chi connectivity index (χ3v) is 8.35. The van der Waals surface area contributed by atoms with E-state index in [9.17, 15) is 4.79 Å². The molecular weight excluding hydrogens is 590 g/mol. The van der Waals surface area contributed by atoms with E-state index in [1.54, 1.807) is 0 Å². The van der Waals surface area contributed by atoms with E-state index in [1.165, 1.54) is 0 Å². The summed E-state index contributed by atoms with van der Waals surface area (Å²) in [6.07, 6.45) is 0.478. The molecule has 1 fully saturated rings. The molecule has 0 saturated carbocycles. The van der Waals surface area contributed by atoms with Crippen LogP contribution in [0.2, 0.25) is 0 Å². The first-order valence-corrected chi connectivity index (χ1v) is 16.2. The normalized spacial score (nSPS) is 16.6. The van der Waals surface area contributed by atoms with Crippen LogP contribution in [0.1, 0.15) is 45.2 Å². The lowest BCUT2D eigenvalue weighted by Gasteiger charge is -2.38. The summed E-state index contributed by atoms with van der Waals surface area (Å²) in [5.41, 5.74) is 5.33. The molecule has 5 aromatic rings. The van der Waals surface area contributed by atoms with E-state index >= 15 is 0 Å². The molecule has 1 saturated heterocycles. The molecule has 47 heavy (non-hydrogen) atoms. The molecule has 0 radical (unpaired) electrons. The maximum Gasteiger partial charge on any atom is 0.407 e. The lowest BCUT2D eigenvalue weighted by atomic mass is 9.93. The second kappa shape index (κ2) is 13.7. The van der Waals surface area contributed by atoms with Crippen molar-refractivity contribution in [1.29, 1.82) is 0 Å². The summed E-state index contributed by atoms with van der Waals surface area (Å²) in [5, 5.41) is 9.03. The molecule has 9 heteroatoms. The Morgan fingerprint density at radius 1 is 0.915 bits per heavy atom. The Hall–Kier alpha value is -5.05. The predicted octanol–water partition coefficient (Wildman–Crippen LogP) is 7.53. The van der Waals surface area contributed by atoms with Gasteiger partial charge in [0, 0.05) is 43.3 Å². The van der Waals surface area contributed by atoms with E-state index in [1.807, 2.05) is 105 Å². The number of carbonyl (C=O) groups is 1. The number of anilines is 1. The summed E-state index contributed by atoms with van der Waals surface area (Å²) >= 11 is 0. The molecule has 1 aliphatic heterocycles. The van der Waals surface area contributed by atoms with Gasteiger partial charge in [0.15, 0.2) is 0 Å². The van der Waals surface area contributed by atoms with Crippen molar-refractivity contribution in [3.8, 4) is 23.0 Å². The van der Waals surface area contributed by atoms with Crippen molar-refractivity contribution in [3.63, 3.8) is 0 Å². The highest BCUT2D eigenvalue weighted by Crippen LogP contribution is 2.37. The number of hydrogen-bond acceptors (Lipinski definition) is 7. The van der Waals surface area contributed by atoms with E-state index < -0.39 is 5.60 Å². The molecule has 244 valence electrons. The van der Waals surface area contributed by atoms with Crippen LogP contribution in [0.15, 0.2) is 91.0 Å². The molecular formula is C38H43N5O4. The fourth-order valence-corrected chi connectivity index (χ4v) is 5.95. The van der Waals surface area contributed by atoms with Crippen LogP contribution >= 0.6 is 0 Å². The fraction of sp³-hybridized carbons (Fsp3) is 0.342. The summed E-state index contributed by atoms with van der Waals surface area (Å²) in [6, 6.07) is 30.5. The average molecular weight is 634 g/mol. The lowest BCUT2D eigenvalue weighted by molar-refractivity contribution is 0.0481. The zero-order chi connectivity index (χ0) is 33.0. The first-order chi connectivity index (χ1) is 22.6. The number of piperidine rings is 1. The summed E-state index contributed by atoms with van der Waals surface area (Å²) in [5.74, 6) is 1.21. The third-order valence-electron chi connectivity index (χ3n) is 8.35. The molecule has 3 aromatic carbocycles. The maximum absolute atomic E-state index is 12.4. The minimum Gasteiger partial charge on any atom is -0.473 e. The number of carbonyl (C=O) groups excluding carboxylic acids is 1. The van der Waals surface area contributed by atoms with Crippen LogP contribution in [0.5, 0.6) is 11.8 Å². The molecule has 2 aromatic heterocycles. The smallest absolute Gasteiger partial charge is 0.407 e. The van der Waals surface area contributed by atoms with Gasteiger partial charge in [-0.15, -0.1) is 0 Å². The summed E-state index contributed by atoms with van der Waals surface area (Å²) < 4.78 is 19.8. The van der Waals surface area contributed by atoms with Crippen molar-refractivity contribution in [1.82, 2.24) is 20.1 Å². The average Bonchev–Trinajstić information content (AvgIpc) is 3.39. The molecule has 6 rings (SSSR count). The van der Waals surface area contributed by atoms with Gasteiger partial charge in [-0.25, -0.2) is 4.79 Å². The van der Waals surface area contributed by atoms with Crippen LogP contribution in [0.4, 0.5) is 10.5 Å². The second-order valence-corrected chi connectivity index (χ2v) is 13.2. The molecule has 0 unspecified atom stereocenters. The van der Waals surface area contributed by atoms with Crippen molar-refractivity contribution >= 4 is 22.7 Å². The molecule has 1 N–H and O–H groups in total. The van der Waals surface area contributed by atoms with Crippen LogP contribution in [-0.2, 0) is 25.0 Å². The van der Waals surface area contributed by atoms with Gasteiger partial charge < -0.3 is 24.4 Å². The van der Waals surface area contributed by atoms with Gasteiger partial charge in [-0.05, 0) is 68.5 Å². The highest BCUT2D eigenvalue weighted by molar-refractivity contribution is 5.96. The predicted molar refractivity (Wildman–Crippen MR) is 185 cm³/mol. The van der Waals surface area contributed by atoms with E-state index in [0.717, 1.165) is 58.5 Å². The van der Waals surface area contributed by atoms with Crippen LogP contribution in [-0.4, -0.2) is 45.6 Å². The van der Waals surface area contributed by atoms with Gasteiger partial charge in [0.05, 0.1) is 11.1 Å². The van der Waals surface area contributed by atoms with Gasteiger partial charge in [-0.1, -0.05) is 67.6 Å². The molecule has 0 bridgehead atoms. The standard InChI is InChI=1S/C38H43N5O4/c1-26-23-43(21-20-32(26)39-37(44)47-38(2,3)4)29-16-17-30-33(22-29)42(5)41-35(30)31-18-19-34(45-24-27-12-8-6-9-13-27)40-36(31)46-25-28-14-10-7-11-15-28/h6-19,22,26,32H,20-21,23-25H2,1-5H3,(H,39,44)/t26-,32+/m0/s1. The SMILES string of the molecule is C[C@H]1CN(c2ccc3c(-c4ccc(OCc5ccccc5)nc4OCc4ccccc4)nn(C)c3c2)CC[C@H]1NC(=O)OC(C)(C)C. The molecule has 2 atom stereocenters. The molecule has 1 aliphatic rings. The number of nitrogens with one attached hydrogen (secondary N) is 1. The van der Waals surface area contributed by atoms with Crippen LogP contribution in [0.25, 0.3) is 22.2 Å². The zero-order valence-electron chi connectivity index (χ0n) is 27.8. The maximum atomic E-state index is 12.4. The van der Waals surface area contributed by atoms with Crippen molar-refractivity contribution in [3.05, 3.63) is 102 Å². The highest BCUT2D eigenvalue weighted by Gasteiger charge is 2.29. The third kappa shape index (κ3) is 7.85.